The van der Waals surface area contributed by atoms with Gasteiger partial charge in [0, 0.05) is 51.7 Å². The minimum absolute atomic E-state index is 0.155. The number of aromatic nitrogens is 2. The van der Waals surface area contributed by atoms with Crippen LogP contribution >= 0.6 is 0 Å². The zero-order chi connectivity index (χ0) is 20.2. The average molecular weight is 388 g/mol. The lowest BCUT2D eigenvalue weighted by Gasteiger charge is -2.22. The second kappa shape index (κ2) is 11.8. The summed E-state index contributed by atoms with van der Waals surface area (Å²) in [5, 5.41) is 2.78. The van der Waals surface area contributed by atoms with E-state index in [1.165, 1.54) is 30.7 Å². The van der Waals surface area contributed by atoms with Gasteiger partial charge in [0.05, 0.1) is 6.20 Å². The number of amides is 2. The number of hydrogen-bond acceptors (Lipinski definition) is 5. The number of carbonyl (C=O) groups is 2. The molecule has 2 amide bonds. The van der Waals surface area contributed by atoms with E-state index in [1.807, 2.05) is 6.92 Å². The summed E-state index contributed by atoms with van der Waals surface area (Å²) in [6, 6.07) is 5.93. The second-order valence-corrected chi connectivity index (χ2v) is 6.09. The normalized spacial score (nSPS) is 10.5. The van der Waals surface area contributed by atoms with Crippen molar-refractivity contribution < 1.29 is 18.7 Å². The van der Waals surface area contributed by atoms with E-state index in [9.17, 15) is 14.0 Å². The zero-order valence-electron chi connectivity index (χ0n) is 15.9. The number of nitrogens with zero attached hydrogens (tertiary/aromatic N) is 3. The van der Waals surface area contributed by atoms with Crippen LogP contribution in [0.1, 0.15) is 35.8 Å². The Bertz CT molecular complexity index is 741. The fraction of sp³-hybridized carbons (Fsp3) is 0.400. The fourth-order valence-corrected chi connectivity index (χ4v) is 2.52. The SMILES string of the molecule is CCOCCCN(CCC(=O)NCc1ccc(F)cc1)C(=O)c1cnccn1. The summed E-state index contributed by atoms with van der Waals surface area (Å²) in [4.78, 5) is 34.3. The first-order valence-electron chi connectivity index (χ1n) is 9.24. The predicted octanol–water partition coefficient (Wildman–Crippen LogP) is 2.19. The molecule has 1 N–H and O–H groups in total. The molecule has 0 aliphatic heterocycles. The highest BCUT2D eigenvalue weighted by Gasteiger charge is 2.18. The van der Waals surface area contributed by atoms with Crippen molar-refractivity contribution in [3.63, 3.8) is 0 Å². The predicted molar refractivity (Wildman–Crippen MR) is 102 cm³/mol. The number of hydrogen-bond donors (Lipinski definition) is 1. The Morgan fingerprint density at radius 2 is 1.96 bits per heavy atom. The largest absolute Gasteiger partial charge is 0.382 e. The Balaban J connectivity index is 1.86. The summed E-state index contributed by atoms with van der Waals surface area (Å²) in [5.74, 6) is -0.776. The van der Waals surface area contributed by atoms with Gasteiger partial charge in [0.2, 0.25) is 5.91 Å². The van der Waals surface area contributed by atoms with Gasteiger partial charge in [-0.3, -0.25) is 14.6 Å². The van der Waals surface area contributed by atoms with Crippen molar-refractivity contribution in [1.82, 2.24) is 20.2 Å². The summed E-state index contributed by atoms with van der Waals surface area (Å²) in [6.07, 6.45) is 5.19. The van der Waals surface area contributed by atoms with E-state index in [2.05, 4.69) is 15.3 Å². The molecule has 0 radical (unpaired) electrons. The van der Waals surface area contributed by atoms with E-state index in [0.29, 0.717) is 32.7 Å². The maximum Gasteiger partial charge on any atom is 0.274 e. The number of halogens is 1. The van der Waals surface area contributed by atoms with Crippen LogP contribution in [0.25, 0.3) is 0 Å². The first-order valence-corrected chi connectivity index (χ1v) is 9.24. The van der Waals surface area contributed by atoms with E-state index in [0.717, 1.165) is 5.56 Å². The molecule has 0 spiro atoms. The van der Waals surface area contributed by atoms with E-state index in [1.54, 1.807) is 17.0 Å². The second-order valence-electron chi connectivity index (χ2n) is 6.09. The average Bonchev–Trinajstić information content (AvgIpc) is 2.73. The van der Waals surface area contributed by atoms with Gasteiger partial charge in [0.15, 0.2) is 0 Å². The molecule has 0 bridgehead atoms. The molecule has 0 aliphatic rings. The van der Waals surface area contributed by atoms with Crippen molar-refractivity contribution in [2.24, 2.45) is 0 Å². The lowest BCUT2D eigenvalue weighted by atomic mass is 10.2. The minimum atomic E-state index is -0.319. The maximum absolute atomic E-state index is 12.9. The zero-order valence-corrected chi connectivity index (χ0v) is 15.9. The summed E-state index contributed by atoms with van der Waals surface area (Å²) >= 11 is 0. The molecule has 0 saturated heterocycles. The molecule has 2 aromatic rings. The first-order chi connectivity index (χ1) is 13.6. The Morgan fingerprint density at radius 1 is 1.18 bits per heavy atom. The van der Waals surface area contributed by atoms with Crippen LogP contribution in [0.4, 0.5) is 4.39 Å². The van der Waals surface area contributed by atoms with Crippen LogP contribution in [0.3, 0.4) is 0 Å². The molecule has 0 fully saturated rings. The molecular weight excluding hydrogens is 363 g/mol. The number of benzene rings is 1. The highest BCUT2D eigenvalue weighted by Crippen LogP contribution is 2.05. The number of carbonyl (C=O) groups excluding carboxylic acids is 2. The van der Waals surface area contributed by atoms with E-state index < -0.39 is 0 Å². The third-order valence-electron chi connectivity index (χ3n) is 4.00. The lowest BCUT2D eigenvalue weighted by Crippen LogP contribution is -2.36. The summed E-state index contributed by atoms with van der Waals surface area (Å²) < 4.78 is 18.2. The number of ether oxygens (including phenoxy) is 1. The van der Waals surface area contributed by atoms with Gasteiger partial charge in [-0.2, -0.15) is 0 Å². The third kappa shape index (κ3) is 7.40. The molecule has 2 rings (SSSR count). The summed E-state index contributed by atoms with van der Waals surface area (Å²) in [6.45, 7) is 4.09. The van der Waals surface area contributed by atoms with Crippen LogP contribution in [0.5, 0.6) is 0 Å². The van der Waals surface area contributed by atoms with E-state index >= 15 is 0 Å². The van der Waals surface area contributed by atoms with Gasteiger partial charge in [0.1, 0.15) is 11.5 Å². The molecule has 0 unspecified atom stereocenters. The van der Waals surface area contributed by atoms with Crippen molar-refractivity contribution >= 4 is 11.8 Å². The van der Waals surface area contributed by atoms with Crippen molar-refractivity contribution in [3.8, 4) is 0 Å². The number of nitrogens with one attached hydrogen (secondary N) is 1. The molecule has 7 nitrogen and oxygen atoms in total. The van der Waals surface area contributed by atoms with Crippen LogP contribution in [0, 0.1) is 5.82 Å². The molecule has 28 heavy (non-hydrogen) atoms. The van der Waals surface area contributed by atoms with Crippen molar-refractivity contribution in [2.45, 2.75) is 26.3 Å². The molecule has 1 aromatic carbocycles. The van der Waals surface area contributed by atoms with Crippen LogP contribution in [0.15, 0.2) is 42.9 Å². The van der Waals surface area contributed by atoms with Gasteiger partial charge < -0.3 is 15.0 Å². The number of rotatable bonds is 11. The van der Waals surface area contributed by atoms with Gasteiger partial charge in [-0.05, 0) is 31.0 Å². The van der Waals surface area contributed by atoms with Crippen molar-refractivity contribution in [3.05, 3.63) is 59.9 Å². The van der Waals surface area contributed by atoms with Gasteiger partial charge in [-0.25, -0.2) is 9.37 Å². The van der Waals surface area contributed by atoms with Crippen molar-refractivity contribution in [1.29, 1.82) is 0 Å². The molecule has 0 saturated carbocycles. The quantitative estimate of drug-likeness (QED) is 0.597. The third-order valence-corrected chi connectivity index (χ3v) is 4.00. The first kappa shape index (κ1) is 21.4. The van der Waals surface area contributed by atoms with E-state index in [4.69, 9.17) is 4.74 Å². The minimum Gasteiger partial charge on any atom is -0.382 e. The maximum atomic E-state index is 12.9. The molecule has 150 valence electrons. The van der Waals surface area contributed by atoms with Crippen LogP contribution in [-0.4, -0.2) is 53.0 Å². The Morgan fingerprint density at radius 3 is 2.64 bits per heavy atom. The smallest absolute Gasteiger partial charge is 0.274 e. The molecule has 0 atom stereocenters. The fourth-order valence-electron chi connectivity index (χ4n) is 2.52. The van der Waals surface area contributed by atoms with Gasteiger partial charge in [-0.15, -0.1) is 0 Å². The van der Waals surface area contributed by atoms with Gasteiger partial charge in [0.25, 0.3) is 5.91 Å². The highest BCUT2D eigenvalue weighted by atomic mass is 19.1. The molecular formula is C20H25FN4O3. The Kier molecular flexibility index (Phi) is 9.00. The topological polar surface area (TPSA) is 84.4 Å². The Hall–Kier alpha value is -2.87. The summed E-state index contributed by atoms with van der Waals surface area (Å²) in [5.41, 5.74) is 1.05. The van der Waals surface area contributed by atoms with E-state index in [-0.39, 0.29) is 36.3 Å². The van der Waals surface area contributed by atoms with Crippen LogP contribution in [0.2, 0.25) is 0 Å². The summed E-state index contributed by atoms with van der Waals surface area (Å²) in [7, 11) is 0. The van der Waals surface area contributed by atoms with Crippen LogP contribution in [-0.2, 0) is 16.1 Å². The van der Waals surface area contributed by atoms with Gasteiger partial charge in [-0.1, -0.05) is 12.1 Å². The lowest BCUT2D eigenvalue weighted by molar-refractivity contribution is -0.121. The highest BCUT2D eigenvalue weighted by molar-refractivity contribution is 5.92. The Labute approximate surface area is 163 Å². The molecule has 0 aliphatic carbocycles. The van der Waals surface area contributed by atoms with Gasteiger partial charge >= 0.3 is 0 Å². The molecule has 1 heterocycles. The molecule has 1 aromatic heterocycles. The van der Waals surface area contributed by atoms with Crippen molar-refractivity contribution in [2.75, 3.05) is 26.3 Å². The van der Waals surface area contributed by atoms with Crippen LogP contribution < -0.4 is 5.32 Å². The molecule has 8 heteroatoms. The standard InChI is InChI=1S/C20H25FN4O3/c1-2-28-13-3-11-25(20(27)18-15-22-9-10-23-18)12-8-19(26)24-14-16-4-6-17(21)7-5-16/h4-7,9-10,15H,2-3,8,11-14H2,1H3,(H,24,26). The monoisotopic (exact) mass is 388 g/mol.